The van der Waals surface area contributed by atoms with Crippen LogP contribution in [0.3, 0.4) is 0 Å². The van der Waals surface area contributed by atoms with Gasteiger partial charge in [-0.1, -0.05) is 0 Å². The van der Waals surface area contributed by atoms with E-state index in [1.165, 1.54) is 19.1 Å². The number of nitrogens with zero attached hydrogens (tertiary/aromatic N) is 1. The fourth-order valence-electron chi connectivity index (χ4n) is 2.08. The van der Waals surface area contributed by atoms with E-state index in [0.717, 1.165) is 11.8 Å². The van der Waals surface area contributed by atoms with Crippen LogP contribution in [0.1, 0.15) is 12.5 Å². The number of benzene rings is 1. The number of hydrogen-bond donors (Lipinski definition) is 0. The zero-order chi connectivity index (χ0) is 18.6. The SMILES string of the molecule is CCN1C(=O)S/C(=C/c2cc(I)c(OCC(=O)OC)c(OC)c2)C1=O. The summed E-state index contributed by atoms with van der Waals surface area (Å²) in [4.78, 5) is 36.7. The first-order chi connectivity index (χ1) is 11.9. The summed E-state index contributed by atoms with van der Waals surface area (Å²) >= 11 is 2.95. The summed E-state index contributed by atoms with van der Waals surface area (Å²) in [5.74, 6) is 0.0109. The van der Waals surface area contributed by atoms with Crippen molar-refractivity contribution in [3.63, 3.8) is 0 Å². The lowest BCUT2D eigenvalue weighted by atomic mass is 10.2. The summed E-state index contributed by atoms with van der Waals surface area (Å²) in [7, 11) is 2.76. The normalized spacial score (nSPS) is 15.7. The van der Waals surface area contributed by atoms with Crippen LogP contribution in [-0.4, -0.2) is 49.4 Å². The van der Waals surface area contributed by atoms with E-state index >= 15 is 0 Å². The van der Waals surface area contributed by atoms with Gasteiger partial charge < -0.3 is 14.2 Å². The molecule has 1 aromatic rings. The predicted molar refractivity (Wildman–Crippen MR) is 102 cm³/mol. The minimum atomic E-state index is -0.504. The maximum atomic E-state index is 12.2. The Morgan fingerprint density at radius 3 is 2.60 bits per heavy atom. The molecule has 25 heavy (non-hydrogen) atoms. The van der Waals surface area contributed by atoms with Crippen LogP contribution in [0.25, 0.3) is 6.08 Å². The fraction of sp³-hybridized carbons (Fsp3) is 0.312. The van der Waals surface area contributed by atoms with Crippen LogP contribution in [0.4, 0.5) is 4.79 Å². The van der Waals surface area contributed by atoms with Crippen LogP contribution < -0.4 is 9.47 Å². The minimum absolute atomic E-state index is 0.238. The topological polar surface area (TPSA) is 82.1 Å². The van der Waals surface area contributed by atoms with Crippen molar-refractivity contribution in [2.24, 2.45) is 0 Å². The Hall–Kier alpha value is -1.75. The molecule has 9 heteroatoms. The number of hydrogen-bond acceptors (Lipinski definition) is 7. The second-order valence-electron chi connectivity index (χ2n) is 4.82. The number of carbonyl (C=O) groups excluding carboxylic acids is 3. The Morgan fingerprint density at radius 1 is 1.32 bits per heavy atom. The second kappa shape index (κ2) is 8.56. The molecule has 0 aliphatic carbocycles. The molecule has 0 spiro atoms. The lowest BCUT2D eigenvalue weighted by Gasteiger charge is -2.13. The van der Waals surface area contributed by atoms with Crippen molar-refractivity contribution in [1.29, 1.82) is 0 Å². The van der Waals surface area contributed by atoms with Gasteiger partial charge in [-0.15, -0.1) is 0 Å². The van der Waals surface area contributed by atoms with Gasteiger partial charge in [0.1, 0.15) is 0 Å². The monoisotopic (exact) mass is 477 g/mol. The molecule has 2 rings (SSSR count). The van der Waals surface area contributed by atoms with Gasteiger partial charge in [0.05, 0.1) is 22.7 Å². The lowest BCUT2D eigenvalue weighted by molar-refractivity contribution is -0.143. The highest BCUT2D eigenvalue weighted by Crippen LogP contribution is 2.37. The zero-order valence-electron chi connectivity index (χ0n) is 13.8. The molecule has 0 atom stereocenters. The van der Waals surface area contributed by atoms with Gasteiger partial charge in [0.25, 0.3) is 11.1 Å². The number of amides is 2. The Kier molecular flexibility index (Phi) is 6.71. The smallest absolute Gasteiger partial charge is 0.343 e. The number of carbonyl (C=O) groups is 3. The molecule has 1 aliphatic rings. The van der Waals surface area contributed by atoms with Crippen LogP contribution in [0, 0.1) is 3.57 Å². The Bertz CT molecular complexity index is 748. The highest BCUT2D eigenvalue weighted by Gasteiger charge is 2.33. The zero-order valence-corrected chi connectivity index (χ0v) is 16.8. The number of ether oxygens (including phenoxy) is 3. The van der Waals surface area contributed by atoms with Gasteiger partial charge in [0.2, 0.25) is 0 Å². The van der Waals surface area contributed by atoms with Gasteiger partial charge in [-0.05, 0) is 65.0 Å². The van der Waals surface area contributed by atoms with E-state index in [1.54, 1.807) is 25.1 Å². The van der Waals surface area contributed by atoms with E-state index in [4.69, 9.17) is 9.47 Å². The van der Waals surface area contributed by atoms with E-state index in [0.29, 0.717) is 32.1 Å². The average molecular weight is 477 g/mol. The van der Waals surface area contributed by atoms with Crippen LogP contribution in [0.5, 0.6) is 11.5 Å². The Balaban J connectivity index is 2.30. The molecule has 2 amide bonds. The van der Waals surface area contributed by atoms with Crippen LogP contribution in [0.2, 0.25) is 0 Å². The number of halogens is 1. The van der Waals surface area contributed by atoms with Crippen molar-refractivity contribution in [3.8, 4) is 11.5 Å². The average Bonchev–Trinajstić information content (AvgIpc) is 2.86. The third-order valence-corrected chi connectivity index (χ3v) is 5.01. The first-order valence-corrected chi connectivity index (χ1v) is 9.13. The first kappa shape index (κ1) is 19.6. The van der Waals surface area contributed by atoms with E-state index in [1.807, 2.05) is 22.6 Å². The standard InChI is InChI=1S/C16H16INO6S/c1-4-18-15(20)12(25-16(18)21)7-9-5-10(17)14(11(6-9)22-2)24-8-13(19)23-3/h5-7H,4,8H2,1-3H3/b12-7+. The van der Waals surface area contributed by atoms with Gasteiger partial charge in [-0.3, -0.25) is 14.5 Å². The van der Waals surface area contributed by atoms with Gasteiger partial charge in [0, 0.05) is 6.54 Å². The Labute approximate surface area is 162 Å². The van der Waals surface area contributed by atoms with Crippen LogP contribution in [0.15, 0.2) is 17.0 Å². The van der Waals surface area contributed by atoms with Crippen molar-refractivity contribution >= 4 is 57.5 Å². The molecule has 0 bridgehead atoms. The maximum Gasteiger partial charge on any atom is 0.343 e. The lowest BCUT2D eigenvalue weighted by Crippen LogP contribution is -2.27. The molecule has 0 N–H and O–H groups in total. The molecular weight excluding hydrogens is 461 g/mol. The number of methoxy groups -OCH3 is 2. The predicted octanol–water partition coefficient (Wildman–Crippen LogP) is 2.91. The number of thioether (sulfide) groups is 1. The van der Waals surface area contributed by atoms with Crippen molar-refractivity contribution in [1.82, 2.24) is 4.90 Å². The number of imide groups is 1. The summed E-state index contributed by atoms with van der Waals surface area (Å²) in [5, 5.41) is -0.279. The van der Waals surface area contributed by atoms with E-state index in [-0.39, 0.29) is 17.8 Å². The van der Waals surface area contributed by atoms with Crippen molar-refractivity contribution in [3.05, 3.63) is 26.2 Å². The molecule has 7 nitrogen and oxygen atoms in total. The molecule has 1 aromatic carbocycles. The minimum Gasteiger partial charge on any atom is -0.493 e. The second-order valence-corrected chi connectivity index (χ2v) is 6.98. The first-order valence-electron chi connectivity index (χ1n) is 7.23. The van der Waals surface area contributed by atoms with Gasteiger partial charge in [0.15, 0.2) is 18.1 Å². The molecule has 0 saturated carbocycles. The highest BCUT2D eigenvalue weighted by atomic mass is 127. The number of likely N-dealkylation sites (N-methyl/N-ethyl adjacent to an activating group) is 1. The third kappa shape index (κ3) is 4.46. The summed E-state index contributed by atoms with van der Waals surface area (Å²) in [5.41, 5.74) is 0.688. The molecule has 1 aliphatic heterocycles. The van der Waals surface area contributed by atoms with Crippen LogP contribution >= 0.6 is 34.4 Å². The molecule has 1 saturated heterocycles. The molecule has 0 unspecified atom stereocenters. The summed E-state index contributed by atoms with van der Waals surface area (Å²) in [6, 6.07) is 3.45. The van der Waals surface area contributed by atoms with Crippen molar-refractivity contribution in [2.45, 2.75) is 6.92 Å². The van der Waals surface area contributed by atoms with Gasteiger partial charge >= 0.3 is 5.97 Å². The fourth-order valence-corrected chi connectivity index (χ4v) is 3.76. The highest BCUT2D eigenvalue weighted by molar-refractivity contribution is 14.1. The third-order valence-electron chi connectivity index (χ3n) is 3.30. The molecule has 134 valence electrons. The van der Waals surface area contributed by atoms with Crippen LogP contribution in [-0.2, 0) is 14.3 Å². The summed E-state index contributed by atoms with van der Waals surface area (Å²) < 4.78 is 16.0. The van der Waals surface area contributed by atoms with Crippen molar-refractivity contribution < 1.29 is 28.6 Å². The summed E-state index contributed by atoms with van der Waals surface area (Å²) in [6.07, 6.45) is 1.63. The van der Waals surface area contributed by atoms with E-state index in [9.17, 15) is 14.4 Å². The molecule has 0 radical (unpaired) electrons. The quantitative estimate of drug-likeness (QED) is 0.354. The van der Waals surface area contributed by atoms with Gasteiger partial charge in [-0.25, -0.2) is 4.79 Å². The maximum absolute atomic E-state index is 12.2. The number of rotatable bonds is 6. The van der Waals surface area contributed by atoms with E-state index in [2.05, 4.69) is 4.74 Å². The summed E-state index contributed by atoms with van der Waals surface area (Å²) in [6.45, 7) is 1.85. The van der Waals surface area contributed by atoms with Crippen molar-refractivity contribution in [2.75, 3.05) is 27.4 Å². The number of esters is 1. The van der Waals surface area contributed by atoms with Gasteiger partial charge in [-0.2, -0.15) is 0 Å². The van der Waals surface area contributed by atoms with E-state index < -0.39 is 5.97 Å². The Morgan fingerprint density at radius 2 is 2.04 bits per heavy atom. The molecule has 1 heterocycles. The molecule has 1 fully saturated rings. The molecular formula is C16H16INO6S. The molecule has 0 aromatic heterocycles. The largest absolute Gasteiger partial charge is 0.493 e.